The van der Waals surface area contributed by atoms with Crippen molar-refractivity contribution in [3.05, 3.63) is 114 Å². The molecular weight excluding hydrogens is 483 g/mol. The Hall–Kier alpha value is -3.09. The zero-order valence-corrected chi connectivity index (χ0v) is 23.5. The zero-order chi connectivity index (χ0) is 26.6. The zero-order valence-electron chi connectivity index (χ0n) is 22.6. The van der Waals surface area contributed by atoms with Gasteiger partial charge in [0.1, 0.15) is 23.2 Å². The second kappa shape index (κ2) is 14.2. The van der Waals surface area contributed by atoms with Gasteiger partial charge in [-0.05, 0) is 81.2 Å². The van der Waals surface area contributed by atoms with E-state index in [1.54, 1.807) is 13.0 Å². The molecule has 3 aromatic rings. The van der Waals surface area contributed by atoms with E-state index in [1.165, 1.54) is 66.7 Å². The van der Waals surface area contributed by atoms with Crippen LogP contribution in [-0.4, -0.2) is 17.7 Å². The maximum atomic E-state index is 12.1. The van der Waals surface area contributed by atoms with Crippen molar-refractivity contribution in [1.29, 1.82) is 0 Å². The topological polar surface area (TPSA) is 34.1 Å². The van der Waals surface area contributed by atoms with Gasteiger partial charge in [-0.1, -0.05) is 86.7 Å². The fourth-order valence-electron chi connectivity index (χ4n) is 5.51. The number of rotatable bonds is 14. The van der Waals surface area contributed by atoms with Gasteiger partial charge in [0.15, 0.2) is 11.6 Å². The van der Waals surface area contributed by atoms with Crippen LogP contribution in [0.25, 0.3) is 0 Å². The van der Waals surface area contributed by atoms with E-state index in [1.807, 2.05) is 0 Å². The first kappa shape index (κ1) is 27.9. The predicted octanol–water partition coefficient (Wildman–Crippen LogP) is 7.52. The summed E-state index contributed by atoms with van der Waals surface area (Å²) in [6, 6.07) is 33.5. The highest BCUT2D eigenvalue weighted by Crippen LogP contribution is 2.56. The summed E-state index contributed by atoms with van der Waals surface area (Å²) in [5, 5.41) is 4.41. The fraction of sp³-hybridized carbons (Fsp3) is 0.314. The highest BCUT2D eigenvalue weighted by atomic mass is 31.2. The molecule has 2 nitrogen and oxygen atoms in total. The molecule has 0 N–H and O–H groups in total. The van der Waals surface area contributed by atoms with Crippen molar-refractivity contribution >= 4 is 34.7 Å². The average Bonchev–Trinajstić information content (AvgIpc) is 2.96. The lowest BCUT2D eigenvalue weighted by Crippen LogP contribution is -2.33. The number of carbonyl (C=O) groups is 2. The van der Waals surface area contributed by atoms with E-state index < -0.39 is 7.26 Å². The lowest BCUT2D eigenvalue weighted by Gasteiger charge is -2.27. The first-order valence-electron chi connectivity index (χ1n) is 14.1. The third kappa shape index (κ3) is 7.06. The number of ketones is 2. The summed E-state index contributed by atoms with van der Waals surface area (Å²) in [4.78, 5) is 23.9. The molecule has 0 spiro atoms. The number of hydrogen-bond donors (Lipinski definition) is 0. The normalized spacial score (nSPS) is 13.8. The van der Waals surface area contributed by atoms with Gasteiger partial charge in [0.25, 0.3) is 0 Å². The highest BCUT2D eigenvalue weighted by Gasteiger charge is 2.44. The Balaban J connectivity index is 1.27. The molecule has 0 radical (unpaired) electrons. The Labute approximate surface area is 229 Å². The summed E-state index contributed by atoms with van der Waals surface area (Å²) in [6.45, 7) is 1.71. The van der Waals surface area contributed by atoms with Crippen LogP contribution < -0.4 is 15.9 Å². The Kier molecular flexibility index (Phi) is 10.4. The summed E-state index contributed by atoms with van der Waals surface area (Å²) in [5.74, 6) is 0.000357. The van der Waals surface area contributed by atoms with Crippen LogP contribution in [0.4, 0.5) is 0 Å². The van der Waals surface area contributed by atoms with Crippen LogP contribution in [0.3, 0.4) is 0 Å². The van der Waals surface area contributed by atoms with Gasteiger partial charge in [0, 0.05) is 11.1 Å². The maximum absolute atomic E-state index is 12.1. The van der Waals surface area contributed by atoms with Crippen LogP contribution in [-0.2, 0) is 9.59 Å². The van der Waals surface area contributed by atoms with Crippen LogP contribution in [0.5, 0.6) is 0 Å². The second-order valence-electron chi connectivity index (χ2n) is 10.3. The molecule has 0 atom stereocenters. The monoisotopic (exact) mass is 523 g/mol. The number of hydrogen-bond acceptors (Lipinski definition) is 2. The summed E-state index contributed by atoms with van der Waals surface area (Å²) >= 11 is 0. The Morgan fingerprint density at radius 1 is 0.500 bits per heavy atom. The molecule has 1 aliphatic carbocycles. The van der Waals surface area contributed by atoms with Crippen molar-refractivity contribution in [3.8, 4) is 0 Å². The van der Waals surface area contributed by atoms with E-state index in [0.717, 1.165) is 19.3 Å². The van der Waals surface area contributed by atoms with Crippen molar-refractivity contribution in [3.63, 3.8) is 0 Å². The summed E-state index contributed by atoms with van der Waals surface area (Å²) < 4.78 is 0. The molecule has 4 rings (SSSR count). The van der Waals surface area contributed by atoms with Gasteiger partial charge in [-0.25, -0.2) is 0 Å². The Morgan fingerprint density at radius 2 is 0.921 bits per heavy atom. The molecule has 0 saturated carbocycles. The lowest BCUT2D eigenvalue weighted by atomic mass is 9.94. The van der Waals surface area contributed by atoms with Crippen molar-refractivity contribution in [2.45, 2.75) is 64.7 Å². The molecule has 1 aliphatic rings. The largest absolute Gasteiger partial charge is 0.290 e. The van der Waals surface area contributed by atoms with Crippen molar-refractivity contribution in [1.82, 2.24) is 0 Å². The van der Waals surface area contributed by atoms with E-state index in [0.29, 0.717) is 11.1 Å². The molecule has 38 heavy (non-hydrogen) atoms. The van der Waals surface area contributed by atoms with E-state index in [4.69, 9.17) is 0 Å². The van der Waals surface area contributed by atoms with Crippen molar-refractivity contribution in [2.24, 2.45) is 0 Å². The van der Waals surface area contributed by atoms with E-state index in [-0.39, 0.29) is 11.6 Å². The second-order valence-corrected chi connectivity index (χ2v) is 14.0. The SMILES string of the molecule is CC1=CC(=O)C(CCCCCCCCCC[P+](c2ccccc2)(c2ccccc2)c2ccccc2)=CC1=O. The minimum atomic E-state index is -1.71. The number of allylic oxidation sites excluding steroid dienone is 4. The summed E-state index contributed by atoms with van der Waals surface area (Å²) in [6.07, 6.45) is 14.5. The Morgan fingerprint density at radius 3 is 1.39 bits per heavy atom. The smallest absolute Gasteiger partial charge is 0.182 e. The van der Waals surface area contributed by atoms with E-state index in [9.17, 15) is 9.59 Å². The van der Waals surface area contributed by atoms with E-state index in [2.05, 4.69) is 91.0 Å². The number of benzene rings is 3. The van der Waals surface area contributed by atoms with Gasteiger partial charge >= 0.3 is 0 Å². The van der Waals surface area contributed by atoms with Crippen molar-refractivity contribution in [2.75, 3.05) is 6.16 Å². The first-order valence-corrected chi connectivity index (χ1v) is 16.1. The molecule has 196 valence electrons. The first-order chi connectivity index (χ1) is 18.6. The van der Waals surface area contributed by atoms with Crippen LogP contribution in [0, 0.1) is 0 Å². The lowest BCUT2D eigenvalue weighted by molar-refractivity contribution is -0.115. The molecule has 0 bridgehead atoms. The van der Waals surface area contributed by atoms with Crippen LogP contribution in [0.2, 0.25) is 0 Å². The quantitative estimate of drug-likeness (QED) is 0.124. The maximum Gasteiger partial charge on any atom is 0.182 e. The average molecular weight is 524 g/mol. The van der Waals surface area contributed by atoms with Gasteiger partial charge in [-0.15, -0.1) is 0 Å². The highest BCUT2D eigenvalue weighted by molar-refractivity contribution is 7.95. The number of carbonyl (C=O) groups excluding carboxylic acids is 2. The molecular formula is C35H40O2P+. The van der Waals surface area contributed by atoms with Crippen molar-refractivity contribution < 1.29 is 9.59 Å². The summed E-state index contributed by atoms with van der Waals surface area (Å²) in [7, 11) is -1.71. The van der Waals surface area contributed by atoms with Gasteiger partial charge in [-0.2, -0.15) is 0 Å². The molecule has 0 heterocycles. The van der Waals surface area contributed by atoms with Crippen LogP contribution >= 0.6 is 7.26 Å². The number of unbranched alkanes of at least 4 members (excludes halogenated alkanes) is 7. The molecule has 0 fully saturated rings. The molecule has 0 aliphatic heterocycles. The van der Waals surface area contributed by atoms with Crippen LogP contribution in [0.15, 0.2) is 114 Å². The third-order valence-corrected chi connectivity index (χ3v) is 12.2. The standard InChI is InChI=1S/C35H40O2P/c1-29-27-35(37)30(28-34(29)36)19-11-6-4-2-3-5-7-18-26-38(31-20-12-8-13-21-31,32-22-14-9-15-23-32)33-24-16-10-17-25-33/h8-10,12-17,20-25,27-28H,2-7,11,18-19,26H2,1H3/q+1. The molecule has 3 heteroatoms. The predicted molar refractivity (Wildman–Crippen MR) is 163 cm³/mol. The summed E-state index contributed by atoms with van der Waals surface area (Å²) in [5.41, 5.74) is 1.23. The minimum Gasteiger partial charge on any atom is -0.290 e. The van der Waals surface area contributed by atoms with Gasteiger partial charge < -0.3 is 0 Å². The molecule has 0 saturated heterocycles. The van der Waals surface area contributed by atoms with Gasteiger partial charge in [0.2, 0.25) is 0 Å². The Bertz CT molecular complexity index is 1150. The molecule has 0 amide bonds. The molecule has 0 unspecified atom stereocenters. The third-order valence-electron chi connectivity index (χ3n) is 7.64. The van der Waals surface area contributed by atoms with Crippen LogP contribution in [0.1, 0.15) is 64.7 Å². The van der Waals surface area contributed by atoms with Gasteiger partial charge in [-0.3, -0.25) is 9.59 Å². The fourth-order valence-corrected chi connectivity index (χ4v) is 9.92. The molecule has 0 aromatic heterocycles. The molecule has 3 aromatic carbocycles. The van der Waals surface area contributed by atoms with Gasteiger partial charge in [0.05, 0.1) is 6.16 Å². The van der Waals surface area contributed by atoms with E-state index >= 15 is 0 Å². The minimum absolute atomic E-state index is 0.0159.